The zero-order valence-corrected chi connectivity index (χ0v) is 24.9. The monoisotopic (exact) mass is 611 g/mol. The number of rotatable bonds is 11. The Kier molecular flexibility index (Phi) is 9.94. The zero-order chi connectivity index (χ0) is 32.0. The summed E-state index contributed by atoms with van der Waals surface area (Å²) in [5, 5.41) is 47.8. The van der Waals surface area contributed by atoms with Crippen molar-refractivity contribution in [3.8, 4) is 34.3 Å². The molecule has 1 fully saturated rings. The van der Waals surface area contributed by atoms with E-state index in [-0.39, 0.29) is 51.7 Å². The van der Waals surface area contributed by atoms with Crippen LogP contribution in [0.3, 0.4) is 0 Å². The average Bonchev–Trinajstić information content (AvgIpc) is 3.43. The van der Waals surface area contributed by atoms with E-state index >= 15 is 0 Å². The number of nitro groups is 1. The number of nitrogens with one attached hydrogen (secondary N) is 1. The van der Waals surface area contributed by atoms with Crippen LogP contribution in [0.1, 0.15) is 56.9 Å². The number of hydrogen-bond acceptors (Lipinski definition) is 10. The van der Waals surface area contributed by atoms with Gasteiger partial charge in [0.25, 0.3) is 11.6 Å². The molecule has 3 aromatic rings. The second kappa shape index (κ2) is 13.6. The number of benzene rings is 2. The van der Waals surface area contributed by atoms with Gasteiger partial charge < -0.3 is 39.7 Å². The second-order valence-electron chi connectivity index (χ2n) is 11.7. The summed E-state index contributed by atoms with van der Waals surface area (Å²) in [7, 11) is 0. The molecule has 0 unspecified atom stereocenters. The highest BCUT2D eigenvalue weighted by atomic mass is 16.6. The first-order chi connectivity index (χ1) is 20.8. The highest BCUT2D eigenvalue weighted by Gasteiger charge is 2.27. The number of piperidine rings is 1. The van der Waals surface area contributed by atoms with Gasteiger partial charge in [-0.3, -0.25) is 14.9 Å². The van der Waals surface area contributed by atoms with Crippen LogP contribution in [0.4, 0.5) is 10.5 Å². The molecular formula is C30H37N5O9. The molecule has 14 nitrogen and oxygen atoms in total. The van der Waals surface area contributed by atoms with Crippen LogP contribution in [0.2, 0.25) is 0 Å². The maximum absolute atomic E-state index is 13.0. The molecule has 0 radical (unpaired) electrons. The van der Waals surface area contributed by atoms with Crippen LogP contribution >= 0.6 is 0 Å². The highest BCUT2D eigenvalue weighted by Crippen LogP contribution is 2.43. The minimum atomic E-state index is -0.913. The molecule has 1 aliphatic heterocycles. The number of nitrogens with zero attached hydrogens (tertiary/aromatic N) is 4. The summed E-state index contributed by atoms with van der Waals surface area (Å²) in [5.74, 6) is -0.901. The molecule has 4 N–H and O–H groups in total. The van der Waals surface area contributed by atoms with Crippen molar-refractivity contribution in [2.24, 2.45) is 0 Å². The van der Waals surface area contributed by atoms with Gasteiger partial charge in [-0.2, -0.15) is 0 Å². The van der Waals surface area contributed by atoms with Crippen LogP contribution in [0.5, 0.6) is 23.0 Å². The predicted molar refractivity (Wildman–Crippen MR) is 159 cm³/mol. The largest absolute Gasteiger partial charge is 0.508 e. The van der Waals surface area contributed by atoms with E-state index in [1.807, 2.05) is 20.8 Å². The minimum absolute atomic E-state index is 0.00183. The number of unbranched alkanes of at least 4 members (excludes halogenated alkanes) is 1. The van der Waals surface area contributed by atoms with Crippen molar-refractivity contribution >= 4 is 17.7 Å². The summed E-state index contributed by atoms with van der Waals surface area (Å²) >= 11 is 0. The third-order valence-corrected chi connectivity index (χ3v) is 7.40. The van der Waals surface area contributed by atoms with Crippen molar-refractivity contribution in [1.82, 2.24) is 20.3 Å². The van der Waals surface area contributed by atoms with E-state index in [0.29, 0.717) is 6.54 Å². The van der Waals surface area contributed by atoms with E-state index in [4.69, 9.17) is 9.26 Å². The fourth-order valence-corrected chi connectivity index (χ4v) is 5.06. The Morgan fingerprint density at radius 3 is 2.43 bits per heavy atom. The quantitative estimate of drug-likeness (QED) is 0.126. The Hall–Kier alpha value is -4.85. The molecule has 236 valence electrons. The van der Waals surface area contributed by atoms with Gasteiger partial charge in [-0.1, -0.05) is 5.16 Å². The molecule has 2 amide bonds. The first kappa shape index (κ1) is 32.1. The molecule has 4 rings (SSSR count). The first-order valence-corrected chi connectivity index (χ1v) is 14.3. The number of carbonyl (C=O) groups is 2. The molecule has 1 aromatic heterocycles. The molecule has 0 spiro atoms. The van der Waals surface area contributed by atoms with Crippen molar-refractivity contribution in [1.29, 1.82) is 0 Å². The lowest BCUT2D eigenvalue weighted by Crippen LogP contribution is -2.46. The Morgan fingerprint density at radius 1 is 1.14 bits per heavy atom. The van der Waals surface area contributed by atoms with Gasteiger partial charge in [0.15, 0.2) is 11.5 Å². The normalized spacial score (nSPS) is 14.2. The number of hydrogen-bond donors (Lipinski definition) is 4. The average molecular weight is 612 g/mol. The Bertz CT molecular complexity index is 1480. The number of ether oxygens (including phenoxy) is 1. The Labute approximate surface area is 254 Å². The standard InChI is InChI=1S/C30H37N5O9/c1-30(2,3)34(29(39)40)13-5-4-12-33-14-10-19(11-15-33)31-28(38)23-18-26(44-32-23)27-24(37)16-21(36)17-25(27)43-22-8-6-20(7-9-22)35(41)42/h6-9,16-19,36-37H,4-5,10-15H2,1-3H3,(H,31,38)(H,39,40). The molecule has 0 saturated carbocycles. The van der Waals surface area contributed by atoms with Gasteiger partial charge in [0.2, 0.25) is 0 Å². The molecule has 14 heteroatoms. The van der Waals surface area contributed by atoms with Crippen LogP contribution in [0, 0.1) is 10.1 Å². The number of non-ortho nitro benzene ring substituents is 1. The van der Waals surface area contributed by atoms with Crippen molar-refractivity contribution in [2.45, 2.75) is 58.0 Å². The summed E-state index contributed by atoms with van der Waals surface area (Å²) in [6.07, 6.45) is 2.21. The smallest absolute Gasteiger partial charge is 0.407 e. The number of aromatic hydroxyl groups is 2. The van der Waals surface area contributed by atoms with E-state index in [1.54, 1.807) is 0 Å². The summed E-state index contributed by atoms with van der Waals surface area (Å²) in [4.78, 5) is 38.6. The topological polar surface area (TPSA) is 192 Å². The second-order valence-corrected chi connectivity index (χ2v) is 11.7. The van der Waals surface area contributed by atoms with Gasteiger partial charge in [0, 0.05) is 61.5 Å². The van der Waals surface area contributed by atoms with Gasteiger partial charge in [-0.25, -0.2) is 4.79 Å². The third-order valence-electron chi connectivity index (χ3n) is 7.40. The molecule has 44 heavy (non-hydrogen) atoms. The highest BCUT2D eigenvalue weighted by molar-refractivity contribution is 5.93. The Morgan fingerprint density at radius 2 is 1.82 bits per heavy atom. The van der Waals surface area contributed by atoms with Gasteiger partial charge in [-0.15, -0.1) is 0 Å². The summed E-state index contributed by atoms with van der Waals surface area (Å²) in [5.41, 5.74) is -0.537. The van der Waals surface area contributed by atoms with Gasteiger partial charge in [0.05, 0.1) is 4.92 Å². The van der Waals surface area contributed by atoms with E-state index in [9.17, 15) is 35.0 Å². The molecule has 0 aliphatic carbocycles. The number of aromatic nitrogens is 1. The molecular weight excluding hydrogens is 574 g/mol. The number of likely N-dealkylation sites (tertiary alicyclic amines) is 1. The number of carboxylic acid groups (broad SMARTS) is 1. The summed E-state index contributed by atoms with van der Waals surface area (Å²) in [6, 6.07) is 8.85. The van der Waals surface area contributed by atoms with Gasteiger partial charge >= 0.3 is 6.09 Å². The molecule has 0 bridgehead atoms. The number of phenolic OH excluding ortho intramolecular Hbond substituents is 2. The fourth-order valence-electron chi connectivity index (χ4n) is 5.06. The fraction of sp³-hybridized carbons (Fsp3) is 0.433. The van der Waals surface area contributed by atoms with E-state index < -0.39 is 22.5 Å². The van der Waals surface area contributed by atoms with Crippen molar-refractivity contribution in [2.75, 3.05) is 26.2 Å². The van der Waals surface area contributed by atoms with Crippen LogP contribution in [0.25, 0.3) is 11.3 Å². The lowest BCUT2D eigenvalue weighted by Gasteiger charge is -2.34. The molecule has 0 atom stereocenters. The molecule has 2 aromatic carbocycles. The Balaban J connectivity index is 1.32. The van der Waals surface area contributed by atoms with E-state index in [0.717, 1.165) is 51.4 Å². The number of amides is 2. The van der Waals surface area contributed by atoms with Crippen molar-refractivity contribution < 1.29 is 39.1 Å². The van der Waals surface area contributed by atoms with E-state index in [1.165, 1.54) is 41.3 Å². The van der Waals surface area contributed by atoms with Gasteiger partial charge in [-0.05, 0) is 65.1 Å². The molecule has 1 aliphatic rings. The SMILES string of the molecule is CC(C)(C)N(CCCCN1CCC(NC(=O)c2cc(-c3c(O)cc(O)cc3Oc3ccc([N+](=O)[O-])cc3)on2)CC1)C(=O)O. The minimum Gasteiger partial charge on any atom is -0.508 e. The first-order valence-electron chi connectivity index (χ1n) is 14.3. The molecule has 2 heterocycles. The lowest BCUT2D eigenvalue weighted by atomic mass is 10.0. The van der Waals surface area contributed by atoms with Crippen molar-refractivity contribution in [3.63, 3.8) is 0 Å². The van der Waals surface area contributed by atoms with Crippen molar-refractivity contribution in [3.05, 3.63) is 58.3 Å². The van der Waals surface area contributed by atoms with Gasteiger partial charge in [0.1, 0.15) is 28.6 Å². The van der Waals surface area contributed by atoms with Crippen LogP contribution < -0.4 is 10.1 Å². The number of phenols is 2. The maximum atomic E-state index is 13.0. The number of carbonyl (C=O) groups excluding carboxylic acids is 1. The summed E-state index contributed by atoms with van der Waals surface area (Å²) < 4.78 is 11.1. The molecule has 1 saturated heterocycles. The predicted octanol–water partition coefficient (Wildman–Crippen LogP) is 5.21. The lowest BCUT2D eigenvalue weighted by molar-refractivity contribution is -0.384. The number of nitro benzene ring substituents is 1. The van der Waals surface area contributed by atoms with Crippen LogP contribution in [-0.2, 0) is 0 Å². The van der Waals surface area contributed by atoms with Crippen LogP contribution in [0.15, 0.2) is 47.0 Å². The maximum Gasteiger partial charge on any atom is 0.407 e. The van der Waals surface area contributed by atoms with Crippen LogP contribution in [-0.4, -0.2) is 85.0 Å². The van der Waals surface area contributed by atoms with E-state index in [2.05, 4.69) is 15.4 Å². The summed E-state index contributed by atoms with van der Waals surface area (Å²) in [6.45, 7) is 8.57. The zero-order valence-electron chi connectivity index (χ0n) is 24.9. The third kappa shape index (κ3) is 8.16.